The van der Waals surface area contributed by atoms with Crippen molar-refractivity contribution in [1.82, 2.24) is 15.3 Å². The monoisotopic (exact) mass is 249 g/mol. The third-order valence-electron chi connectivity index (χ3n) is 3.27. The number of nitrogens with two attached hydrogens (primary N) is 1. The SMILES string of the molecule is CNC(=O)C1CCCCN1c1nccnc1CN. The van der Waals surface area contributed by atoms with E-state index in [2.05, 4.69) is 15.3 Å². The number of nitrogens with one attached hydrogen (secondary N) is 1. The van der Waals surface area contributed by atoms with Crippen LogP contribution in [0, 0.1) is 0 Å². The molecule has 1 aromatic rings. The minimum absolute atomic E-state index is 0.0309. The predicted molar refractivity (Wildman–Crippen MR) is 69.0 cm³/mol. The van der Waals surface area contributed by atoms with E-state index in [0.717, 1.165) is 37.3 Å². The van der Waals surface area contributed by atoms with Crippen molar-refractivity contribution in [1.29, 1.82) is 0 Å². The van der Waals surface area contributed by atoms with Gasteiger partial charge in [-0.15, -0.1) is 0 Å². The van der Waals surface area contributed by atoms with Crippen molar-refractivity contribution in [2.75, 3.05) is 18.5 Å². The molecule has 1 atom stereocenters. The third kappa shape index (κ3) is 2.43. The van der Waals surface area contributed by atoms with Crippen LogP contribution in [0.4, 0.5) is 5.82 Å². The van der Waals surface area contributed by atoms with Crippen molar-refractivity contribution in [3.8, 4) is 0 Å². The third-order valence-corrected chi connectivity index (χ3v) is 3.27. The van der Waals surface area contributed by atoms with Crippen molar-refractivity contribution in [2.24, 2.45) is 5.73 Å². The number of carbonyl (C=O) groups excluding carboxylic acids is 1. The number of aromatic nitrogens is 2. The summed E-state index contributed by atoms with van der Waals surface area (Å²) in [5.41, 5.74) is 6.43. The zero-order valence-corrected chi connectivity index (χ0v) is 10.6. The molecule has 6 nitrogen and oxygen atoms in total. The number of hydrogen-bond acceptors (Lipinski definition) is 5. The van der Waals surface area contributed by atoms with E-state index < -0.39 is 0 Å². The van der Waals surface area contributed by atoms with Gasteiger partial charge in [-0.05, 0) is 19.3 Å². The molecule has 1 aliphatic heterocycles. The van der Waals surface area contributed by atoms with Crippen LogP contribution in [-0.4, -0.2) is 35.5 Å². The summed E-state index contributed by atoms with van der Waals surface area (Å²) in [7, 11) is 1.66. The Bertz CT molecular complexity index is 423. The molecule has 98 valence electrons. The van der Waals surface area contributed by atoms with Gasteiger partial charge in [0.25, 0.3) is 0 Å². The number of carbonyl (C=O) groups is 1. The molecular weight excluding hydrogens is 230 g/mol. The van der Waals surface area contributed by atoms with E-state index in [1.807, 2.05) is 4.90 Å². The minimum Gasteiger partial charge on any atom is -0.357 e. The van der Waals surface area contributed by atoms with Crippen LogP contribution < -0.4 is 16.0 Å². The Balaban J connectivity index is 2.30. The van der Waals surface area contributed by atoms with Crippen LogP contribution in [0.1, 0.15) is 25.0 Å². The smallest absolute Gasteiger partial charge is 0.242 e. The fourth-order valence-electron chi connectivity index (χ4n) is 2.37. The number of amides is 1. The Hall–Kier alpha value is -1.69. The van der Waals surface area contributed by atoms with Gasteiger partial charge in [0.1, 0.15) is 6.04 Å². The minimum atomic E-state index is -0.161. The molecule has 1 unspecified atom stereocenters. The summed E-state index contributed by atoms with van der Waals surface area (Å²) < 4.78 is 0. The molecule has 18 heavy (non-hydrogen) atoms. The first-order valence-corrected chi connectivity index (χ1v) is 6.26. The Morgan fingerprint density at radius 1 is 1.50 bits per heavy atom. The molecule has 0 spiro atoms. The van der Waals surface area contributed by atoms with Crippen molar-refractivity contribution in [3.63, 3.8) is 0 Å². The van der Waals surface area contributed by atoms with E-state index in [-0.39, 0.29) is 11.9 Å². The van der Waals surface area contributed by atoms with Crippen molar-refractivity contribution in [3.05, 3.63) is 18.1 Å². The van der Waals surface area contributed by atoms with Crippen LogP contribution in [0.2, 0.25) is 0 Å². The second kappa shape index (κ2) is 5.77. The summed E-state index contributed by atoms with van der Waals surface area (Å²) >= 11 is 0. The Morgan fingerprint density at radius 2 is 2.28 bits per heavy atom. The van der Waals surface area contributed by atoms with E-state index in [1.54, 1.807) is 19.4 Å². The molecule has 6 heteroatoms. The maximum atomic E-state index is 11.9. The molecule has 0 aliphatic carbocycles. The Labute approximate surface area is 107 Å². The average molecular weight is 249 g/mol. The fraction of sp³-hybridized carbons (Fsp3) is 0.583. The number of anilines is 1. The summed E-state index contributed by atoms with van der Waals surface area (Å²) in [5.74, 6) is 0.775. The van der Waals surface area contributed by atoms with Gasteiger partial charge in [0.15, 0.2) is 5.82 Å². The summed E-state index contributed by atoms with van der Waals surface area (Å²) in [5, 5.41) is 2.71. The normalized spacial score (nSPS) is 19.7. The highest BCUT2D eigenvalue weighted by Gasteiger charge is 2.30. The standard InChI is InChI=1S/C12H19N5O/c1-14-12(18)10-4-2-3-7-17(10)11-9(8-13)15-5-6-16-11/h5-6,10H,2-4,7-8,13H2,1H3,(H,14,18). The van der Waals surface area contributed by atoms with Gasteiger partial charge >= 0.3 is 0 Å². The molecule has 2 heterocycles. The number of nitrogens with zero attached hydrogens (tertiary/aromatic N) is 3. The largest absolute Gasteiger partial charge is 0.357 e. The lowest BCUT2D eigenvalue weighted by Gasteiger charge is -2.35. The van der Waals surface area contributed by atoms with E-state index in [9.17, 15) is 4.79 Å². The Kier molecular flexibility index (Phi) is 4.09. The summed E-state index contributed by atoms with van der Waals surface area (Å²) in [6.07, 6.45) is 6.25. The Morgan fingerprint density at radius 3 is 3.00 bits per heavy atom. The first-order valence-electron chi connectivity index (χ1n) is 6.26. The van der Waals surface area contributed by atoms with Gasteiger partial charge < -0.3 is 16.0 Å². The van der Waals surface area contributed by atoms with Gasteiger partial charge in [-0.3, -0.25) is 9.78 Å². The summed E-state index contributed by atoms with van der Waals surface area (Å²) in [6.45, 7) is 1.16. The molecule has 1 aromatic heterocycles. The lowest BCUT2D eigenvalue weighted by Crippen LogP contribution is -2.49. The molecule has 1 amide bonds. The van der Waals surface area contributed by atoms with Gasteiger partial charge in [-0.25, -0.2) is 4.98 Å². The first-order chi connectivity index (χ1) is 8.77. The lowest BCUT2D eigenvalue weighted by molar-refractivity contribution is -0.122. The first kappa shape index (κ1) is 12.8. The highest BCUT2D eigenvalue weighted by Crippen LogP contribution is 2.24. The fourth-order valence-corrected chi connectivity index (χ4v) is 2.37. The molecule has 3 N–H and O–H groups in total. The quantitative estimate of drug-likeness (QED) is 0.790. The molecule has 1 aliphatic rings. The van der Waals surface area contributed by atoms with Gasteiger partial charge in [0, 0.05) is 32.5 Å². The number of hydrogen-bond donors (Lipinski definition) is 2. The second-order valence-electron chi connectivity index (χ2n) is 4.35. The molecule has 2 rings (SSSR count). The van der Waals surface area contributed by atoms with Gasteiger partial charge in [0.2, 0.25) is 5.91 Å². The van der Waals surface area contributed by atoms with E-state index in [0.29, 0.717) is 6.54 Å². The second-order valence-corrected chi connectivity index (χ2v) is 4.35. The van der Waals surface area contributed by atoms with Crippen molar-refractivity contribution < 1.29 is 4.79 Å². The topological polar surface area (TPSA) is 84.1 Å². The van der Waals surface area contributed by atoms with E-state index in [1.165, 1.54) is 0 Å². The van der Waals surface area contributed by atoms with Crippen LogP contribution in [0.5, 0.6) is 0 Å². The van der Waals surface area contributed by atoms with E-state index in [4.69, 9.17) is 5.73 Å². The number of piperidine rings is 1. The van der Waals surface area contributed by atoms with Gasteiger partial charge in [-0.1, -0.05) is 0 Å². The summed E-state index contributed by atoms with van der Waals surface area (Å²) in [4.78, 5) is 22.5. The highest BCUT2D eigenvalue weighted by atomic mass is 16.2. The zero-order chi connectivity index (χ0) is 13.0. The van der Waals surface area contributed by atoms with Gasteiger partial charge in [0.05, 0.1) is 5.69 Å². The number of likely N-dealkylation sites (N-methyl/N-ethyl adjacent to an activating group) is 1. The molecule has 0 saturated carbocycles. The molecular formula is C12H19N5O. The molecule has 0 aromatic carbocycles. The lowest BCUT2D eigenvalue weighted by atomic mass is 10.0. The summed E-state index contributed by atoms with van der Waals surface area (Å²) in [6, 6.07) is -0.161. The number of rotatable bonds is 3. The van der Waals surface area contributed by atoms with E-state index >= 15 is 0 Å². The maximum absolute atomic E-state index is 11.9. The molecule has 0 bridgehead atoms. The van der Waals surface area contributed by atoms with Crippen molar-refractivity contribution >= 4 is 11.7 Å². The van der Waals surface area contributed by atoms with Crippen LogP contribution in [0.15, 0.2) is 12.4 Å². The van der Waals surface area contributed by atoms with Crippen LogP contribution >= 0.6 is 0 Å². The van der Waals surface area contributed by atoms with Gasteiger partial charge in [-0.2, -0.15) is 0 Å². The molecule has 1 fully saturated rings. The molecule has 0 radical (unpaired) electrons. The van der Waals surface area contributed by atoms with Crippen LogP contribution in [-0.2, 0) is 11.3 Å². The maximum Gasteiger partial charge on any atom is 0.242 e. The molecule has 1 saturated heterocycles. The van der Waals surface area contributed by atoms with Crippen LogP contribution in [0.25, 0.3) is 0 Å². The predicted octanol–water partition coefficient (Wildman–Crippen LogP) is 0.0402. The van der Waals surface area contributed by atoms with Crippen LogP contribution in [0.3, 0.4) is 0 Å². The van der Waals surface area contributed by atoms with Crippen molar-refractivity contribution in [2.45, 2.75) is 31.8 Å². The highest BCUT2D eigenvalue weighted by molar-refractivity contribution is 5.85. The zero-order valence-electron chi connectivity index (χ0n) is 10.6. The average Bonchev–Trinajstić information content (AvgIpc) is 2.46.